The molecule has 0 atom stereocenters. The van der Waals surface area contributed by atoms with E-state index in [0.717, 1.165) is 5.39 Å². The molecule has 0 unspecified atom stereocenters. The summed E-state index contributed by atoms with van der Waals surface area (Å²) in [5.41, 5.74) is 1.82. The van der Waals surface area contributed by atoms with E-state index in [2.05, 4.69) is 4.98 Å². The molecule has 0 N–H and O–H groups in total. The predicted octanol–water partition coefficient (Wildman–Crippen LogP) is 3.94. The Morgan fingerprint density at radius 2 is 1.50 bits per heavy atom. The molecule has 0 aliphatic carbocycles. The molecule has 4 nitrogen and oxygen atoms in total. The van der Waals surface area contributed by atoms with E-state index < -0.39 is 10.0 Å². The molecule has 2 aromatic carbocycles. The highest BCUT2D eigenvalue weighted by molar-refractivity contribution is 7.90. The van der Waals surface area contributed by atoms with Crippen LogP contribution in [0.3, 0.4) is 0 Å². The van der Waals surface area contributed by atoms with Crippen molar-refractivity contribution in [2.75, 3.05) is 0 Å². The molecule has 0 spiro atoms. The Balaban J connectivity index is 2.08. The third-order valence-corrected chi connectivity index (χ3v) is 5.62. The standard InChI is InChI=1S/C19H14N2O2S/c22-24(23,16-9-2-1-3-10-16)21-18-12-5-4-8-15(18)14-19(21)17-11-6-7-13-20-17/h1-14H. The minimum atomic E-state index is -3.72. The zero-order valence-electron chi connectivity index (χ0n) is 12.7. The first-order chi connectivity index (χ1) is 11.7. The van der Waals surface area contributed by atoms with Gasteiger partial charge in [0.25, 0.3) is 10.0 Å². The first-order valence-electron chi connectivity index (χ1n) is 7.50. The summed E-state index contributed by atoms with van der Waals surface area (Å²) in [5.74, 6) is 0. The monoisotopic (exact) mass is 334 g/mol. The van der Waals surface area contributed by atoms with Gasteiger partial charge in [0, 0.05) is 11.6 Å². The summed E-state index contributed by atoms with van der Waals surface area (Å²) in [5, 5.41) is 0.859. The van der Waals surface area contributed by atoms with Gasteiger partial charge in [-0.15, -0.1) is 0 Å². The number of hydrogen-bond donors (Lipinski definition) is 0. The highest BCUT2D eigenvalue weighted by Crippen LogP contribution is 2.31. The van der Waals surface area contributed by atoms with E-state index in [1.165, 1.54) is 3.97 Å². The lowest BCUT2D eigenvalue weighted by Gasteiger charge is -2.11. The van der Waals surface area contributed by atoms with Gasteiger partial charge in [0.05, 0.1) is 21.8 Å². The molecule has 0 aliphatic heterocycles. The van der Waals surface area contributed by atoms with E-state index in [4.69, 9.17) is 0 Å². The average Bonchev–Trinajstić information content (AvgIpc) is 3.03. The second-order valence-corrected chi connectivity index (χ2v) is 7.17. The Kier molecular flexibility index (Phi) is 3.43. The van der Waals surface area contributed by atoms with Gasteiger partial charge in [-0.1, -0.05) is 42.5 Å². The fraction of sp³-hybridized carbons (Fsp3) is 0. The molecule has 0 saturated carbocycles. The predicted molar refractivity (Wildman–Crippen MR) is 94.2 cm³/mol. The number of hydrogen-bond acceptors (Lipinski definition) is 3. The third kappa shape index (κ3) is 2.30. The van der Waals surface area contributed by atoms with E-state index >= 15 is 0 Å². The number of rotatable bonds is 3. The Hall–Kier alpha value is -2.92. The quantitative estimate of drug-likeness (QED) is 0.570. The molecule has 0 saturated heterocycles. The van der Waals surface area contributed by atoms with Gasteiger partial charge in [0.15, 0.2) is 0 Å². The second-order valence-electron chi connectivity index (χ2n) is 5.39. The Bertz CT molecular complexity index is 1100. The molecule has 4 aromatic rings. The van der Waals surface area contributed by atoms with Crippen molar-refractivity contribution in [1.29, 1.82) is 0 Å². The number of benzene rings is 2. The van der Waals surface area contributed by atoms with Gasteiger partial charge in [0.2, 0.25) is 0 Å². The molecule has 0 fully saturated rings. The molecule has 0 aliphatic rings. The SMILES string of the molecule is O=S(=O)(c1ccccc1)n1c(-c2ccccn2)cc2ccccc21. The fourth-order valence-corrected chi connectivity index (χ4v) is 4.32. The lowest BCUT2D eigenvalue weighted by Crippen LogP contribution is -2.14. The second kappa shape index (κ2) is 5.62. The molecule has 2 heterocycles. The number of pyridine rings is 1. The average molecular weight is 334 g/mol. The summed E-state index contributed by atoms with van der Waals surface area (Å²) < 4.78 is 27.9. The van der Waals surface area contributed by atoms with Crippen LogP contribution in [0.5, 0.6) is 0 Å². The molecule has 118 valence electrons. The Morgan fingerprint density at radius 3 is 2.25 bits per heavy atom. The van der Waals surface area contributed by atoms with Crippen molar-refractivity contribution in [3.63, 3.8) is 0 Å². The first-order valence-corrected chi connectivity index (χ1v) is 8.94. The number of para-hydroxylation sites is 1. The van der Waals surface area contributed by atoms with Crippen LogP contribution >= 0.6 is 0 Å². The molecule has 0 amide bonds. The van der Waals surface area contributed by atoms with Crippen LogP contribution in [0.1, 0.15) is 0 Å². The van der Waals surface area contributed by atoms with E-state index in [9.17, 15) is 8.42 Å². The molecule has 4 rings (SSSR count). The van der Waals surface area contributed by atoms with Crippen molar-refractivity contribution >= 4 is 20.9 Å². The van der Waals surface area contributed by atoms with Crippen molar-refractivity contribution in [2.24, 2.45) is 0 Å². The first kappa shape index (κ1) is 14.7. The van der Waals surface area contributed by atoms with Crippen LogP contribution in [0.25, 0.3) is 22.3 Å². The van der Waals surface area contributed by atoms with Crippen LogP contribution in [0.2, 0.25) is 0 Å². The summed E-state index contributed by atoms with van der Waals surface area (Å²) >= 11 is 0. The number of aromatic nitrogens is 2. The zero-order chi connectivity index (χ0) is 16.6. The fourth-order valence-electron chi connectivity index (χ4n) is 2.78. The van der Waals surface area contributed by atoms with Crippen LogP contribution < -0.4 is 0 Å². The molecule has 24 heavy (non-hydrogen) atoms. The Labute approximate surface area is 140 Å². The Morgan fingerprint density at radius 1 is 0.792 bits per heavy atom. The highest BCUT2D eigenvalue weighted by atomic mass is 32.2. The normalized spacial score (nSPS) is 11.7. The van der Waals surface area contributed by atoms with Crippen molar-refractivity contribution in [3.8, 4) is 11.4 Å². The molecule has 0 radical (unpaired) electrons. The van der Waals surface area contributed by atoms with Gasteiger partial charge in [-0.05, 0) is 36.4 Å². The largest absolute Gasteiger partial charge is 0.268 e. The van der Waals surface area contributed by atoms with Crippen LogP contribution in [0.15, 0.2) is 90.0 Å². The van der Waals surface area contributed by atoms with Crippen LogP contribution in [0.4, 0.5) is 0 Å². The molecule has 0 bridgehead atoms. The third-order valence-electron chi connectivity index (χ3n) is 3.88. The number of nitrogens with zero attached hydrogens (tertiary/aromatic N) is 2. The van der Waals surface area contributed by atoms with Crippen LogP contribution in [0, 0.1) is 0 Å². The van der Waals surface area contributed by atoms with Crippen LogP contribution in [-0.2, 0) is 10.0 Å². The molecule has 2 aromatic heterocycles. The lowest BCUT2D eigenvalue weighted by atomic mass is 10.2. The number of fused-ring (bicyclic) bond motifs is 1. The highest BCUT2D eigenvalue weighted by Gasteiger charge is 2.23. The van der Waals surface area contributed by atoms with Crippen molar-refractivity contribution in [2.45, 2.75) is 4.90 Å². The molecular weight excluding hydrogens is 320 g/mol. The molecular formula is C19H14N2O2S. The minimum Gasteiger partial charge on any atom is -0.255 e. The molecule has 5 heteroatoms. The van der Waals surface area contributed by atoms with Gasteiger partial charge in [-0.3, -0.25) is 4.98 Å². The van der Waals surface area contributed by atoms with Crippen LogP contribution in [-0.4, -0.2) is 17.4 Å². The van der Waals surface area contributed by atoms with E-state index in [1.54, 1.807) is 36.5 Å². The van der Waals surface area contributed by atoms with Gasteiger partial charge in [-0.2, -0.15) is 0 Å². The maximum atomic E-state index is 13.2. The van der Waals surface area contributed by atoms with E-state index in [1.807, 2.05) is 48.5 Å². The van der Waals surface area contributed by atoms with Crippen molar-refractivity contribution in [1.82, 2.24) is 8.96 Å². The lowest BCUT2D eigenvalue weighted by molar-refractivity contribution is 0.589. The maximum Gasteiger partial charge on any atom is 0.268 e. The van der Waals surface area contributed by atoms with Crippen molar-refractivity contribution < 1.29 is 8.42 Å². The smallest absolute Gasteiger partial charge is 0.255 e. The summed E-state index contributed by atoms with van der Waals surface area (Å²) in [6, 6.07) is 23.2. The minimum absolute atomic E-state index is 0.253. The topological polar surface area (TPSA) is 52.0 Å². The van der Waals surface area contributed by atoms with Gasteiger partial charge in [-0.25, -0.2) is 12.4 Å². The van der Waals surface area contributed by atoms with Gasteiger partial charge < -0.3 is 0 Å². The maximum absolute atomic E-state index is 13.2. The zero-order valence-corrected chi connectivity index (χ0v) is 13.5. The van der Waals surface area contributed by atoms with Gasteiger partial charge >= 0.3 is 0 Å². The summed E-state index contributed by atoms with van der Waals surface area (Å²) in [4.78, 5) is 4.58. The summed E-state index contributed by atoms with van der Waals surface area (Å²) in [6.45, 7) is 0. The summed E-state index contributed by atoms with van der Waals surface area (Å²) in [7, 11) is -3.72. The van der Waals surface area contributed by atoms with E-state index in [-0.39, 0.29) is 4.90 Å². The summed E-state index contributed by atoms with van der Waals surface area (Å²) in [6.07, 6.45) is 1.66. The van der Waals surface area contributed by atoms with Gasteiger partial charge in [0.1, 0.15) is 0 Å². The van der Waals surface area contributed by atoms with E-state index in [0.29, 0.717) is 16.9 Å². The van der Waals surface area contributed by atoms with Crippen molar-refractivity contribution in [3.05, 3.63) is 85.1 Å².